The van der Waals surface area contributed by atoms with E-state index in [0.717, 1.165) is 12.1 Å². The van der Waals surface area contributed by atoms with E-state index < -0.39 is 29.3 Å². The maximum Gasteiger partial charge on any atom is 0.416 e. The predicted octanol–water partition coefficient (Wildman–Crippen LogP) is 2.07. The zero-order valence-electron chi connectivity index (χ0n) is 11.0. The van der Waals surface area contributed by atoms with Crippen molar-refractivity contribution >= 4 is 0 Å². The molecular weight excluding hydrogens is 273 g/mol. The molecule has 0 radical (unpaired) electrons. The fraction of sp³-hybridized carbons (Fsp3) is 0.538. The van der Waals surface area contributed by atoms with Crippen LogP contribution in [0.4, 0.5) is 13.2 Å². The minimum Gasteiger partial charge on any atom is -0.504 e. The fourth-order valence-corrected chi connectivity index (χ4v) is 2.79. The molecule has 2 rings (SSSR count). The first-order valence-corrected chi connectivity index (χ1v) is 6.28. The van der Waals surface area contributed by atoms with Crippen molar-refractivity contribution in [2.24, 2.45) is 11.7 Å². The summed E-state index contributed by atoms with van der Waals surface area (Å²) in [6.07, 6.45) is -4.16. The summed E-state index contributed by atoms with van der Waals surface area (Å²) in [4.78, 5) is 1.72. The molecular formula is C13H17F3N2O2. The van der Waals surface area contributed by atoms with Crippen LogP contribution in [-0.2, 0) is 6.18 Å². The van der Waals surface area contributed by atoms with Gasteiger partial charge in [-0.05, 0) is 38.1 Å². The zero-order valence-corrected chi connectivity index (χ0v) is 11.0. The van der Waals surface area contributed by atoms with Gasteiger partial charge in [0.25, 0.3) is 0 Å². The minimum absolute atomic E-state index is 0.0767. The van der Waals surface area contributed by atoms with Crippen LogP contribution in [0.2, 0.25) is 0 Å². The molecule has 1 heterocycles. The summed E-state index contributed by atoms with van der Waals surface area (Å²) < 4.78 is 39.3. The van der Waals surface area contributed by atoms with Crippen LogP contribution in [0.15, 0.2) is 12.1 Å². The number of phenols is 2. The van der Waals surface area contributed by atoms with E-state index in [-0.39, 0.29) is 11.5 Å². The molecule has 2 unspecified atom stereocenters. The highest BCUT2D eigenvalue weighted by Crippen LogP contribution is 2.47. The summed E-state index contributed by atoms with van der Waals surface area (Å²) in [5.74, 6) is -1.17. The van der Waals surface area contributed by atoms with Crippen LogP contribution in [0.5, 0.6) is 11.5 Å². The van der Waals surface area contributed by atoms with Crippen molar-refractivity contribution in [3.63, 3.8) is 0 Å². The van der Waals surface area contributed by atoms with Gasteiger partial charge in [-0.25, -0.2) is 0 Å². The van der Waals surface area contributed by atoms with Gasteiger partial charge in [0.05, 0.1) is 5.56 Å². The van der Waals surface area contributed by atoms with Crippen molar-refractivity contribution < 1.29 is 23.4 Å². The Balaban J connectivity index is 2.52. The molecule has 0 bridgehead atoms. The zero-order chi connectivity index (χ0) is 15.1. The molecule has 0 spiro atoms. The third-order valence-electron chi connectivity index (χ3n) is 3.80. The molecule has 7 heteroatoms. The second-order valence-electron chi connectivity index (χ2n) is 5.19. The topological polar surface area (TPSA) is 69.7 Å². The Labute approximate surface area is 114 Å². The highest BCUT2D eigenvalue weighted by atomic mass is 19.4. The van der Waals surface area contributed by atoms with E-state index >= 15 is 0 Å². The van der Waals surface area contributed by atoms with Gasteiger partial charge in [-0.2, -0.15) is 13.2 Å². The van der Waals surface area contributed by atoms with Crippen LogP contribution < -0.4 is 5.73 Å². The van der Waals surface area contributed by atoms with Crippen LogP contribution in [0, 0.1) is 5.92 Å². The number of nitrogens with two attached hydrogens (primary N) is 1. The monoisotopic (exact) mass is 290 g/mol. The lowest BCUT2D eigenvalue weighted by molar-refractivity contribution is -0.138. The lowest BCUT2D eigenvalue weighted by atomic mass is 9.94. The number of aromatic hydroxyl groups is 2. The third-order valence-corrected chi connectivity index (χ3v) is 3.80. The molecule has 20 heavy (non-hydrogen) atoms. The van der Waals surface area contributed by atoms with E-state index in [2.05, 4.69) is 0 Å². The number of likely N-dealkylation sites (tertiary alicyclic amines) is 1. The molecule has 112 valence electrons. The summed E-state index contributed by atoms with van der Waals surface area (Å²) >= 11 is 0. The summed E-state index contributed by atoms with van der Waals surface area (Å²) in [6, 6.07) is 1.05. The van der Waals surface area contributed by atoms with E-state index in [1.54, 1.807) is 11.9 Å². The van der Waals surface area contributed by atoms with Gasteiger partial charge < -0.3 is 15.9 Å². The quantitative estimate of drug-likeness (QED) is 0.729. The average molecular weight is 290 g/mol. The predicted molar refractivity (Wildman–Crippen MR) is 67.3 cm³/mol. The molecule has 0 saturated carbocycles. The van der Waals surface area contributed by atoms with E-state index in [1.807, 2.05) is 0 Å². The molecule has 1 aliphatic rings. The highest BCUT2D eigenvalue weighted by Gasteiger charge is 2.41. The minimum atomic E-state index is -4.58. The van der Waals surface area contributed by atoms with E-state index in [4.69, 9.17) is 5.73 Å². The Hall–Kier alpha value is -1.47. The van der Waals surface area contributed by atoms with E-state index in [0.29, 0.717) is 19.5 Å². The highest BCUT2D eigenvalue weighted by molar-refractivity contribution is 5.52. The molecule has 0 aromatic heterocycles. The van der Waals surface area contributed by atoms with Crippen molar-refractivity contribution in [3.05, 3.63) is 23.3 Å². The summed E-state index contributed by atoms with van der Waals surface area (Å²) in [6.45, 7) is 0.940. The van der Waals surface area contributed by atoms with Crippen LogP contribution in [0.25, 0.3) is 0 Å². The smallest absolute Gasteiger partial charge is 0.416 e. The van der Waals surface area contributed by atoms with Gasteiger partial charge in [0, 0.05) is 18.2 Å². The molecule has 1 fully saturated rings. The molecule has 0 amide bonds. The summed E-state index contributed by atoms with van der Waals surface area (Å²) in [5.41, 5.74) is 4.39. The number of benzene rings is 1. The second-order valence-corrected chi connectivity index (χ2v) is 5.19. The van der Waals surface area contributed by atoms with Gasteiger partial charge in [0.1, 0.15) is 0 Å². The number of halogens is 3. The van der Waals surface area contributed by atoms with Crippen molar-refractivity contribution in [1.82, 2.24) is 4.90 Å². The second kappa shape index (κ2) is 5.14. The summed E-state index contributed by atoms with van der Waals surface area (Å²) in [7, 11) is 1.68. The number of nitrogens with zero attached hydrogens (tertiary/aromatic N) is 1. The number of hydrogen-bond donors (Lipinski definition) is 3. The number of rotatable bonds is 2. The number of alkyl halides is 3. The Kier molecular flexibility index (Phi) is 3.84. The number of phenolic OH excluding ortho intramolecular Hbond substituents is 2. The van der Waals surface area contributed by atoms with Gasteiger partial charge in [-0.1, -0.05) is 0 Å². The van der Waals surface area contributed by atoms with Crippen molar-refractivity contribution in [3.8, 4) is 11.5 Å². The lowest BCUT2D eigenvalue weighted by Gasteiger charge is -2.24. The van der Waals surface area contributed by atoms with Gasteiger partial charge in [0.15, 0.2) is 11.5 Å². The van der Waals surface area contributed by atoms with E-state index in [1.165, 1.54) is 0 Å². The molecule has 1 aromatic rings. The molecule has 0 aliphatic carbocycles. The first-order valence-electron chi connectivity index (χ1n) is 6.28. The number of hydrogen-bond acceptors (Lipinski definition) is 4. The Morgan fingerprint density at radius 3 is 2.50 bits per heavy atom. The fourth-order valence-electron chi connectivity index (χ4n) is 2.79. The average Bonchev–Trinajstić information content (AvgIpc) is 2.72. The maximum atomic E-state index is 13.1. The van der Waals surface area contributed by atoms with Crippen LogP contribution in [-0.4, -0.2) is 35.3 Å². The van der Waals surface area contributed by atoms with Crippen LogP contribution in [0.3, 0.4) is 0 Å². The molecule has 4 N–H and O–H groups in total. The van der Waals surface area contributed by atoms with Crippen LogP contribution >= 0.6 is 0 Å². The van der Waals surface area contributed by atoms with Gasteiger partial charge in [-0.15, -0.1) is 0 Å². The normalized spacial score (nSPS) is 24.2. The first kappa shape index (κ1) is 14.9. The maximum absolute atomic E-state index is 13.1. The molecule has 1 aromatic carbocycles. The lowest BCUT2D eigenvalue weighted by Crippen LogP contribution is -2.22. The van der Waals surface area contributed by atoms with Crippen molar-refractivity contribution in [1.29, 1.82) is 0 Å². The largest absolute Gasteiger partial charge is 0.504 e. The van der Waals surface area contributed by atoms with E-state index in [9.17, 15) is 23.4 Å². The summed E-state index contributed by atoms with van der Waals surface area (Å²) in [5, 5.41) is 19.4. The van der Waals surface area contributed by atoms with Gasteiger partial charge >= 0.3 is 6.18 Å². The third kappa shape index (κ3) is 2.55. The Morgan fingerprint density at radius 1 is 1.35 bits per heavy atom. The van der Waals surface area contributed by atoms with Crippen molar-refractivity contribution in [2.45, 2.75) is 18.6 Å². The van der Waals surface area contributed by atoms with Gasteiger partial charge in [-0.3, -0.25) is 4.90 Å². The van der Waals surface area contributed by atoms with Crippen LogP contribution in [0.1, 0.15) is 23.6 Å². The van der Waals surface area contributed by atoms with Crippen molar-refractivity contribution in [2.75, 3.05) is 20.1 Å². The standard InChI is InChI=1S/C13H17F3N2O2/c1-18-6-7(5-17)4-9(18)11-8(13(14,15)16)2-3-10(19)12(11)20/h2-3,7,9,19-20H,4-6,17H2,1H3. The van der Waals surface area contributed by atoms with Gasteiger partial charge in [0.2, 0.25) is 0 Å². The molecule has 2 atom stereocenters. The Morgan fingerprint density at radius 2 is 2.00 bits per heavy atom. The molecule has 1 aliphatic heterocycles. The SMILES string of the molecule is CN1CC(CN)CC1c1c(C(F)(F)F)ccc(O)c1O. The Bertz CT molecular complexity index is 505. The molecule has 1 saturated heterocycles. The molecule has 4 nitrogen and oxygen atoms in total. The first-order chi connectivity index (χ1) is 9.25.